The SMILES string of the molecule is [B]c1cccc2ccc3c(c12)C(=O)c1cccc(Br)c1-3. The van der Waals surface area contributed by atoms with Gasteiger partial charge in [-0.2, -0.15) is 0 Å². The molecule has 1 nitrogen and oxygen atoms in total. The maximum Gasteiger partial charge on any atom is 0.194 e. The molecule has 4 rings (SSSR count). The summed E-state index contributed by atoms with van der Waals surface area (Å²) in [6.45, 7) is 0. The van der Waals surface area contributed by atoms with Crippen LogP contribution in [0, 0.1) is 0 Å². The van der Waals surface area contributed by atoms with Crippen LogP contribution < -0.4 is 5.46 Å². The molecule has 0 aliphatic heterocycles. The van der Waals surface area contributed by atoms with Gasteiger partial charge in [-0.25, -0.2) is 0 Å². The molecular weight excluding hydrogens is 311 g/mol. The van der Waals surface area contributed by atoms with E-state index in [0.717, 1.165) is 37.5 Å². The van der Waals surface area contributed by atoms with Crippen molar-refractivity contribution in [1.29, 1.82) is 0 Å². The lowest BCUT2D eigenvalue weighted by Gasteiger charge is -2.08. The second kappa shape index (κ2) is 4.06. The van der Waals surface area contributed by atoms with Crippen LogP contribution in [0.15, 0.2) is 53.0 Å². The second-order valence-electron chi connectivity index (χ2n) is 4.92. The minimum Gasteiger partial charge on any atom is -0.289 e. The van der Waals surface area contributed by atoms with Gasteiger partial charge in [0.2, 0.25) is 0 Å². The molecule has 0 N–H and O–H groups in total. The van der Waals surface area contributed by atoms with Gasteiger partial charge in [-0.05, 0) is 22.4 Å². The Morgan fingerprint density at radius 2 is 1.65 bits per heavy atom. The van der Waals surface area contributed by atoms with Crippen molar-refractivity contribution in [3.05, 3.63) is 64.1 Å². The van der Waals surface area contributed by atoms with Gasteiger partial charge in [-0.3, -0.25) is 4.79 Å². The molecule has 0 atom stereocenters. The van der Waals surface area contributed by atoms with Crippen molar-refractivity contribution in [3.63, 3.8) is 0 Å². The van der Waals surface area contributed by atoms with Crippen LogP contribution in [0.5, 0.6) is 0 Å². The number of halogens is 1. The molecule has 1 aliphatic carbocycles. The quantitative estimate of drug-likeness (QED) is 0.453. The summed E-state index contributed by atoms with van der Waals surface area (Å²) in [4.78, 5) is 12.7. The molecule has 20 heavy (non-hydrogen) atoms. The number of carbonyl (C=O) groups excluding carboxylic acids is 1. The Morgan fingerprint density at radius 3 is 2.50 bits per heavy atom. The number of fused-ring (bicyclic) bond motifs is 5. The van der Waals surface area contributed by atoms with Crippen LogP contribution in [-0.2, 0) is 0 Å². The van der Waals surface area contributed by atoms with E-state index in [1.807, 2.05) is 48.5 Å². The topological polar surface area (TPSA) is 17.1 Å². The molecule has 0 aromatic heterocycles. The van der Waals surface area contributed by atoms with E-state index in [1.165, 1.54) is 0 Å². The van der Waals surface area contributed by atoms with Gasteiger partial charge in [0.25, 0.3) is 0 Å². The summed E-state index contributed by atoms with van der Waals surface area (Å²) in [6.07, 6.45) is 0. The van der Waals surface area contributed by atoms with Gasteiger partial charge in [0.05, 0.1) is 0 Å². The standard InChI is InChI=1S/C17H8BBrO/c18-12-5-1-3-9-7-8-10-15-11(4-2-6-13(15)19)17(20)16(10)14(9)12/h1-8H. The van der Waals surface area contributed by atoms with Crippen LogP contribution in [0.2, 0.25) is 0 Å². The van der Waals surface area contributed by atoms with Gasteiger partial charge in [-0.15, -0.1) is 0 Å². The fourth-order valence-corrected chi connectivity index (χ4v) is 3.55. The van der Waals surface area contributed by atoms with Crippen molar-refractivity contribution >= 4 is 45.8 Å². The Bertz CT molecular complexity index is 899. The van der Waals surface area contributed by atoms with Crippen molar-refractivity contribution in [2.24, 2.45) is 0 Å². The molecular formula is C17H8BBrO. The highest BCUT2D eigenvalue weighted by atomic mass is 79.9. The summed E-state index contributed by atoms with van der Waals surface area (Å²) in [5.74, 6) is 0.0554. The summed E-state index contributed by atoms with van der Waals surface area (Å²) in [7, 11) is 6.10. The third-order valence-corrected chi connectivity index (χ3v) is 4.49. The molecule has 0 bridgehead atoms. The highest BCUT2D eigenvalue weighted by Crippen LogP contribution is 2.43. The molecule has 0 heterocycles. The van der Waals surface area contributed by atoms with Crippen LogP contribution >= 0.6 is 15.9 Å². The van der Waals surface area contributed by atoms with Gasteiger partial charge in [-0.1, -0.05) is 63.9 Å². The Morgan fingerprint density at radius 1 is 0.850 bits per heavy atom. The molecule has 0 unspecified atom stereocenters. The number of carbonyl (C=O) groups is 1. The monoisotopic (exact) mass is 318 g/mol. The van der Waals surface area contributed by atoms with E-state index in [-0.39, 0.29) is 5.78 Å². The Hall–Kier alpha value is -1.87. The van der Waals surface area contributed by atoms with Crippen LogP contribution in [0.25, 0.3) is 21.9 Å². The molecule has 92 valence electrons. The second-order valence-corrected chi connectivity index (χ2v) is 5.78. The summed E-state index contributed by atoms with van der Waals surface area (Å²) >= 11 is 3.54. The molecule has 0 saturated carbocycles. The summed E-state index contributed by atoms with van der Waals surface area (Å²) in [5, 5.41) is 1.86. The first-order valence-electron chi connectivity index (χ1n) is 6.33. The van der Waals surface area contributed by atoms with Crippen molar-refractivity contribution in [2.45, 2.75) is 0 Å². The number of hydrogen-bond donors (Lipinski definition) is 0. The average molecular weight is 319 g/mol. The number of hydrogen-bond acceptors (Lipinski definition) is 1. The lowest BCUT2D eigenvalue weighted by molar-refractivity contribution is 0.104. The highest BCUT2D eigenvalue weighted by molar-refractivity contribution is 9.10. The summed E-state index contributed by atoms with van der Waals surface area (Å²) in [5.41, 5.74) is 4.05. The molecule has 0 saturated heterocycles. The van der Waals surface area contributed by atoms with Crippen LogP contribution in [-0.4, -0.2) is 13.6 Å². The van der Waals surface area contributed by atoms with E-state index < -0.39 is 0 Å². The van der Waals surface area contributed by atoms with Gasteiger partial charge in [0.1, 0.15) is 7.85 Å². The predicted octanol–water partition coefficient (Wildman–Crippen LogP) is 3.61. The third-order valence-electron chi connectivity index (χ3n) is 3.83. The van der Waals surface area contributed by atoms with E-state index >= 15 is 0 Å². The van der Waals surface area contributed by atoms with Gasteiger partial charge in [0.15, 0.2) is 5.78 Å². The molecule has 3 aromatic carbocycles. The predicted molar refractivity (Wildman–Crippen MR) is 85.9 cm³/mol. The first-order chi connectivity index (χ1) is 9.68. The molecule has 0 spiro atoms. The van der Waals surface area contributed by atoms with Crippen molar-refractivity contribution in [1.82, 2.24) is 0 Å². The zero-order valence-corrected chi connectivity index (χ0v) is 12.1. The summed E-state index contributed by atoms with van der Waals surface area (Å²) in [6, 6.07) is 15.5. The van der Waals surface area contributed by atoms with Crippen LogP contribution in [0.1, 0.15) is 15.9 Å². The molecule has 1 aliphatic rings. The highest BCUT2D eigenvalue weighted by Gasteiger charge is 2.30. The largest absolute Gasteiger partial charge is 0.289 e. The fourth-order valence-electron chi connectivity index (χ4n) is 2.97. The van der Waals surface area contributed by atoms with Crippen molar-refractivity contribution in [3.8, 4) is 11.1 Å². The van der Waals surface area contributed by atoms with Crippen molar-refractivity contribution < 1.29 is 4.79 Å². The lowest BCUT2D eigenvalue weighted by atomic mass is 9.86. The molecule has 0 fully saturated rings. The molecule has 3 heteroatoms. The third kappa shape index (κ3) is 1.41. The zero-order chi connectivity index (χ0) is 13.9. The minimum atomic E-state index is 0.0554. The van der Waals surface area contributed by atoms with E-state index in [9.17, 15) is 4.79 Å². The zero-order valence-electron chi connectivity index (χ0n) is 10.5. The maximum atomic E-state index is 12.7. The Balaban J connectivity index is 2.22. The summed E-state index contributed by atoms with van der Waals surface area (Å²) < 4.78 is 0.941. The Kier molecular flexibility index (Phi) is 2.42. The minimum absolute atomic E-state index is 0.0554. The van der Waals surface area contributed by atoms with Crippen LogP contribution in [0.4, 0.5) is 0 Å². The van der Waals surface area contributed by atoms with Gasteiger partial charge >= 0.3 is 0 Å². The normalized spacial score (nSPS) is 12.6. The van der Waals surface area contributed by atoms with Gasteiger partial charge in [0, 0.05) is 21.2 Å². The molecule has 0 amide bonds. The first-order valence-corrected chi connectivity index (χ1v) is 7.12. The number of ketones is 1. The van der Waals surface area contributed by atoms with E-state index in [1.54, 1.807) is 0 Å². The molecule has 3 aromatic rings. The first kappa shape index (κ1) is 11.9. The molecule has 2 radical (unpaired) electrons. The lowest BCUT2D eigenvalue weighted by Crippen LogP contribution is -2.08. The Labute approximate surface area is 126 Å². The van der Waals surface area contributed by atoms with Crippen molar-refractivity contribution in [2.75, 3.05) is 0 Å². The van der Waals surface area contributed by atoms with Crippen LogP contribution in [0.3, 0.4) is 0 Å². The fraction of sp³-hybridized carbons (Fsp3) is 0. The number of benzene rings is 3. The maximum absolute atomic E-state index is 12.7. The van der Waals surface area contributed by atoms with Gasteiger partial charge < -0.3 is 0 Å². The van der Waals surface area contributed by atoms with E-state index in [2.05, 4.69) is 15.9 Å². The van der Waals surface area contributed by atoms with E-state index in [4.69, 9.17) is 7.85 Å². The number of rotatable bonds is 0. The average Bonchev–Trinajstić information content (AvgIpc) is 2.74. The smallest absolute Gasteiger partial charge is 0.194 e. The van der Waals surface area contributed by atoms with E-state index in [0.29, 0.717) is 5.46 Å².